The fourth-order valence-corrected chi connectivity index (χ4v) is 3.74. The first-order valence-electron chi connectivity index (χ1n) is 10.8. The number of fused-ring (bicyclic) bond motifs is 1. The van der Waals surface area contributed by atoms with Gasteiger partial charge in [0.25, 0.3) is 0 Å². The summed E-state index contributed by atoms with van der Waals surface area (Å²) in [5.74, 6) is -0.969. The lowest BCUT2D eigenvalue weighted by Crippen LogP contribution is -2.37. The van der Waals surface area contributed by atoms with E-state index in [0.29, 0.717) is 11.3 Å². The van der Waals surface area contributed by atoms with E-state index < -0.39 is 29.7 Å². The van der Waals surface area contributed by atoms with Gasteiger partial charge in [0, 0.05) is 5.56 Å². The van der Waals surface area contributed by atoms with Crippen molar-refractivity contribution in [2.24, 2.45) is 0 Å². The molecule has 0 radical (unpaired) electrons. The average molecular weight is 485 g/mol. The maximum absolute atomic E-state index is 12.9. The van der Waals surface area contributed by atoms with Gasteiger partial charge in [-0.2, -0.15) is 13.2 Å². The zero-order chi connectivity index (χ0) is 25.2. The minimum Gasteiger partial charge on any atom is -0.481 e. The lowest BCUT2D eigenvalue weighted by atomic mass is 9.95. The molecule has 9 heteroatoms. The standard InChI is InChI=1S/C26H22F3NO5/c1-16(24(31)32)18-5-3-6-19(11-18)20-8-9-23-21(12-20)13-30(15-35-23)25(33)34-14-17-4-2-7-22(10-17)26(27,28)29/h2-12,16H,13-15H2,1H3,(H,31,32). The van der Waals surface area contributed by atoms with Crippen LogP contribution in [0.3, 0.4) is 0 Å². The summed E-state index contributed by atoms with van der Waals surface area (Å²) in [5, 5.41) is 9.29. The Morgan fingerprint density at radius 2 is 1.80 bits per heavy atom. The Morgan fingerprint density at radius 1 is 1.06 bits per heavy atom. The van der Waals surface area contributed by atoms with E-state index in [1.165, 1.54) is 17.0 Å². The van der Waals surface area contributed by atoms with Gasteiger partial charge in [-0.3, -0.25) is 9.69 Å². The summed E-state index contributed by atoms with van der Waals surface area (Å²) < 4.78 is 49.5. The second-order valence-corrected chi connectivity index (χ2v) is 8.23. The molecular weight excluding hydrogens is 463 g/mol. The summed E-state index contributed by atoms with van der Waals surface area (Å²) in [5.41, 5.74) is 2.46. The van der Waals surface area contributed by atoms with Gasteiger partial charge in [0.05, 0.1) is 18.0 Å². The SMILES string of the molecule is CC(C(=O)O)c1cccc(-c2ccc3c(c2)CN(C(=O)OCc2cccc(C(F)(F)F)c2)CO3)c1. The van der Waals surface area contributed by atoms with Crippen molar-refractivity contribution >= 4 is 12.1 Å². The molecule has 0 saturated heterocycles. The Labute approximate surface area is 199 Å². The van der Waals surface area contributed by atoms with Crippen molar-refractivity contribution in [1.29, 1.82) is 0 Å². The number of carbonyl (C=O) groups excluding carboxylic acids is 1. The molecular formula is C26H22F3NO5. The Hall–Kier alpha value is -4.01. The molecule has 3 aromatic rings. The van der Waals surface area contributed by atoms with Crippen molar-refractivity contribution in [1.82, 2.24) is 4.90 Å². The van der Waals surface area contributed by atoms with Crippen LogP contribution in [-0.4, -0.2) is 28.8 Å². The van der Waals surface area contributed by atoms with Gasteiger partial charge in [0.1, 0.15) is 12.4 Å². The smallest absolute Gasteiger partial charge is 0.416 e. The summed E-state index contributed by atoms with van der Waals surface area (Å²) in [6, 6.07) is 17.3. The van der Waals surface area contributed by atoms with Gasteiger partial charge in [0.2, 0.25) is 0 Å². The number of alkyl halides is 3. The van der Waals surface area contributed by atoms with E-state index in [9.17, 15) is 27.9 Å². The number of rotatable bonds is 5. The van der Waals surface area contributed by atoms with E-state index >= 15 is 0 Å². The number of nitrogens with zero attached hydrogens (tertiary/aromatic N) is 1. The van der Waals surface area contributed by atoms with Crippen LogP contribution in [0.5, 0.6) is 5.75 Å². The number of hydrogen-bond donors (Lipinski definition) is 1. The van der Waals surface area contributed by atoms with Crippen molar-refractivity contribution in [3.05, 3.63) is 89.0 Å². The summed E-state index contributed by atoms with van der Waals surface area (Å²) in [6.45, 7) is 1.45. The second-order valence-electron chi connectivity index (χ2n) is 8.23. The molecule has 0 aliphatic carbocycles. The van der Waals surface area contributed by atoms with Crippen LogP contribution < -0.4 is 4.74 Å². The van der Waals surface area contributed by atoms with Gasteiger partial charge in [0.15, 0.2) is 6.73 Å². The molecule has 0 aromatic heterocycles. The molecule has 0 saturated carbocycles. The predicted molar refractivity (Wildman–Crippen MR) is 121 cm³/mol. The molecule has 1 aliphatic heterocycles. The third kappa shape index (κ3) is 5.56. The molecule has 0 fully saturated rings. The molecule has 4 rings (SSSR count). The molecule has 6 nitrogen and oxygen atoms in total. The van der Waals surface area contributed by atoms with Gasteiger partial charge in [-0.1, -0.05) is 42.5 Å². The monoisotopic (exact) mass is 485 g/mol. The number of benzene rings is 3. The van der Waals surface area contributed by atoms with Gasteiger partial charge in [-0.05, 0) is 53.4 Å². The van der Waals surface area contributed by atoms with E-state index in [0.717, 1.165) is 28.8 Å². The number of carbonyl (C=O) groups is 2. The molecule has 0 bridgehead atoms. The minimum atomic E-state index is -4.48. The van der Waals surface area contributed by atoms with Gasteiger partial charge >= 0.3 is 18.2 Å². The predicted octanol–water partition coefficient (Wildman–Crippen LogP) is 6.05. The molecule has 0 spiro atoms. The number of carboxylic acids is 1. The third-order valence-corrected chi connectivity index (χ3v) is 5.76. The maximum atomic E-state index is 12.9. The third-order valence-electron chi connectivity index (χ3n) is 5.76. The fraction of sp³-hybridized carbons (Fsp3) is 0.231. The maximum Gasteiger partial charge on any atom is 0.416 e. The van der Waals surface area contributed by atoms with Crippen LogP contribution in [0.2, 0.25) is 0 Å². The number of aliphatic carboxylic acids is 1. The number of amides is 1. The van der Waals surface area contributed by atoms with E-state index in [-0.39, 0.29) is 25.4 Å². The molecule has 1 aliphatic rings. The van der Waals surface area contributed by atoms with Crippen molar-refractivity contribution in [3.8, 4) is 16.9 Å². The van der Waals surface area contributed by atoms with Crippen molar-refractivity contribution < 1.29 is 37.3 Å². The first kappa shape index (κ1) is 24.1. The lowest BCUT2D eigenvalue weighted by Gasteiger charge is -2.28. The highest BCUT2D eigenvalue weighted by Crippen LogP contribution is 2.32. The Balaban J connectivity index is 1.45. The summed E-state index contributed by atoms with van der Waals surface area (Å²) in [7, 11) is 0. The van der Waals surface area contributed by atoms with E-state index in [1.807, 2.05) is 24.3 Å². The Morgan fingerprint density at radius 3 is 2.54 bits per heavy atom. The van der Waals surface area contributed by atoms with Crippen LogP contribution in [0, 0.1) is 0 Å². The lowest BCUT2D eigenvalue weighted by molar-refractivity contribution is -0.139. The van der Waals surface area contributed by atoms with E-state index in [1.54, 1.807) is 25.1 Å². The van der Waals surface area contributed by atoms with Crippen molar-refractivity contribution in [2.75, 3.05) is 6.73 Å². The average Bonchev–Trinajstić information content (AvgIpc) is 2.85. The first-order chi connectivity index (χ1) is 16.6. The highest BCUT2D eigenvalue weighted by molar-refractivity contribution is 5.77. The highest BCUT2D eigenvalue weighted by Gasteiger charge is 2.30. The molecule has 182 valence electrons. The Bertz CT molecular complexity index is 1260. The second kappa shape index (κ2) is 9.69. The molecule has 35 heavy (non-hydrogen) atoms. The zero-order valence-corrected chi connectivity index (χ0v) is 18.7. The van der Waals surface area contributed by atoms with Crippen LogP contribution in [0.4, 0.5) is 18.0 Å². The van der Waals surface area contributed by atoms with Gasteiger partial charge < -0.3 is 14.6 Å². The minimum absolute atomic E-state index is 0.0562. The molecule has 1 heterocycles. The molecule has 1 N–H and O–H groups in total. The normalized spacial score (nSPS) is 14.0. The van der Waals surface area contributed by atoms with Crippen molar-refractivity contribution in [2.45, 2.75) is 32.2 Å². The van der Waals surface area contributed by atoms with Crippen LogP contribution in [0.1, 0.15) is 35.1 Å². The van der Waals surface area contributed by atoms with Gasteiger partial charge in [-0.25, -0.2) is 4.79 Å². The van der Waals surface area contributed by atoms with Crippen LogP contribution in [0.15, 0.2) is 66.7 Å². The van der Waals surface area contributed by atoms with E-state index in [4.69, 9.17) is 9.47 Å². The largest absolute Gasteiger partial charge is 0.481 e. The van der Waals surface area contributed by atoms with Gasteiger partial charge in [-0.15, -0.1) is 0 Å². The fourth-order valence-electron chi connectivity index (χ4n) is 3.74. The number of hydrogen-bond acceptors (Lipinski definition) is 4. The molecule has 3 aromatic carbocycles. The van der Waals surface area contributed by atoms with Crippen LogP contribution >= 0.6 is 0 Å². The topological polar surface area (TPSA) is 76.1 Å². The summed E-state index contributed by atoms with van der Waals surface area (Å²) >= 11 is 0. The molecule has 1 amide bonds. The summed E-state index contributed by atoms with van der Waals surface area (Å²) in [6.07, 6.45) is -5.19. The first-order valence-corrected chi connectivity index (χ1v) is 10.8. The van der Waals surface area contributed by atoms with E-state index in [2.05, 4.69) is 0 Å². The quantitative estimate of drug-likeness (QED) is 0.476. The zero-order valence-electron chi connectivity index (χ0n) is 18.7. The Kier molecular flexibility index (Phi) is 6.68. The summed E-state index contributed by atoms with van der Waals surface area (Å²) in [4.78, 5) is 25.2. The molecule has 1 unspecified atom stereocenters. The van der Waals surface area contributed by atoms with Crippen LogP contribution in [0.25, 0.3) is 11.1 Å². The van der Waals surface area contributed by atoms with Crippen LogP contribution in [-0.2, 0) is 28.9 Å². The molecule has 1 atom stereocenters. The highest BCUT2D eigenvalue weighted by atomic mass is 19.4. The number of halogens is 3. The number of carboxylic acid groups (broad SMARTS) is 1. The number of ether oxygens (including phenoxy) is 2. The van der Waals surface area contributed by atoms with Crippen molar-refractivity contribution in [3.63, 3.8) is 0 Å².